The van der Waals surface area contributed by atoms with Crippen molar-refractivity contribution in [3.8, 4) is 5.75 Å². The molecule has 1 saturated heterocycles. The number of carboxylic acids is 1. The van der Waals surface area contributed by atoms with E-state index in [9.17, 15) is 4.79 Å². The highest BCUT2D eigenvalue weighted by atomic mass is 35.5. The number of benzene rings is 1. The lowest BCUT2D eigenvalue weighted by molar-refractivity contribution is -0.143. The van der Waals surface area contributed by atoms with Crippen LogP contribution in [0.4, 0.5) is 0 Å². The van der Waals surface area contributed by atoms with Crippen molar-refractivity contribution in [2.75, 3.05) is 39.3 Å². The van der Waals surface area contributed by atoms with Crippen LogP contribution in [0.5, 0.6) is 5.75 Å². The van der Waals surface area contributed by atoms with Crippen LogP contribution >= 0.6 is 11.6 Å². The molecule has 1 unspecified atom stereocenters. The molecule has 116 valence electrons. The molecule has 1 aliphatic heterocycles. The van der Waals surface area contributed by atoms with Crippen LogP contribution in [0.15, 0.2) is 24.3 Å². The van der Waals surface area contributed by atoms with Crippen LogP contribution < -0.4 is 4.74 Å². The predicted octanol–water partition coefficient (Wildman–Crippen LogP) is 1.81. The van der Waals surface area contributed by atoms with E-state index in [1.165, 1.54) is 0 Å². The van der Waals surface area contributed by atoms with Crippen LogP contribution in [-0.2, 0) is 4.79 Å². The van der Waals surface area contributed by atoms with Crippen molar-refractivity contribution < 1.29 is 14.6 Å². The smallest absolute Gasteiger partial charge is 0.320 e. The molecule has 1 N–H and O–H groups in total. The number of aliphatic carboxylic acids is 1. The summed E-state index contributed by atoms with van der Waals surface area (Å²) in [4.78, 5) is 15.2. The third kappa shape index (κ3) is 4.59. The van der Waals surface area contributed by atoms with Gasteiger partial charge in [-0.3, -0.25) is 14.6 Å². The number of carboxylic acid groups (broad SMARTS) is 1. The van der Waals surface area contributed by atoms with Crippen LogP contribution in [0.2, 0.25) is 5.02 Å². The molecule has 0 aliphatic carbocycles. The summed E-state index contributed by atoms with van der Waals surface area (Å²) in [5.74, 6) is -0.0530. The molecule has 0 saturated carbocycles. The van der Waals surface area contributed by atoms with E-state index in [0.717, 1.165) is 32.7 Å². The first-order valence-electron chi connectivity index (χ1n) is 7.14. The van der Waals surface area contributed by atoms with Crippen molar-refractivity contribution in [2.45, 2.75) is 13.0 Å². The fourth-order valence-electron chi connectivity index (χ4n) is 2.38. The second-order valence-corrected chi connectivity index (χ2v) is 5.58. The number of halogens is 1. The molecule has 5 nitrogen and oxygen atoms in total. The number of carbonyl (C=O) groups is 1. The summed E-state index contributed by atoms with van der Waals surface area (Å²) in [6.07, 6.45) is 0. The van der Waals surface area contributed by atoms with Gasteiger partial charge in [0.25, 0.3) is 0 Å². The van der Waals surface area contributed by atoms with Crippen molar-refractivity contribution >= 4 is 17.6 Å². The Morgan fingerprint density at radius 2 is 2.00 bits per heavy atom. The maximum atomic E-state index is 11.0. The molecule has 1 aliphatic rings. The van der Waals surface area contributed by atoms with Crippen LogP contribution in [0.3, 0.4) is 0 Å². The van der Waals surface area contributed by atoms with Crippen molar-refractivity contribution in [1.82, 2.24) is 9.80 Å². The summed E-state index contributed by atoms with van der Waals surface area (Å²) in [5, 5.41) is 9.63. The summed E-state index contributed by atoms with van der Waals surface area (Å²) in [6.45, 7) is 6.42. The molecule has 1 aromatic carbocycles. The zero-order valence-electron chi connectivity index (χ0n) is 12.2. The Bertz CT molecular complexity index is 476. The van der Waals surface area contributed by atoms with E-state index >= 15 is 0 Å². The van der Waals surface area contributed by atoms with Crippen LogP contribution in [0.25, 0.3) is 0 Å². The standard InChI is InChI=1S/C15H21ClN2O3/c1-12(15(19)20)18-8-6-17(7-9-18)10-11-21-14-5-3-2-4-13(14)16/h2-5,12H,6-11H2,1H3,(H,19,20). The Balaban J connectivity index is 1.70. The fraction of sp³-hybridized carbons (Fsp3) is 0.533. The minimum Gasteiger partial charge on any atom is -0.491 e. The van der Waals surface area contributed by atoms with Gasteiger partial charge in [-0.25, -0.2) is 0 Å². The van der Waals surface area contributed by atoms with Gasteiger partial charge in [0.15, 0.2) is 0 Å². The lowest BCUT2D eigenvalue weighted by Crippen LogP contribution is -2.52. The highest BCUT2D eigenvalue weighted by molar-refractivity contribution is 6.32. The predicted molar refractivity (Wildman–Crippen MR) is 82.1 cm³/mol. The van der Waals surface area contributed by atoms with Gasteiger partial charge in [0.2, 0.25) is 0 Å². The normalized spacial score (nSPS) is 18.4. The first-order valence-corrected chi connectivity index (χ1v) is 7.52. The van der Waals surface area contributed by atoms with Crippen molar-refractivity contribution in [3.63, 3.8) is 0 Å². The molecule has 6 heteroatoms. The molecule has 21 heavy (non-hydrogen) atoms. The topological polar surface area (TPSA) is 53.0 Å². The Morgan fingerprint density at radius 3 is 2.62 bits per heavy atom. The minimum atomic E-state index is -0.759. The molecule has 2 rings (SSSR count). The SMILES string of the molecule is CC(C(=O)O)N1CCN(CCOc2ccccc2Cl)CC1. The van der Waals surface area contributed by atoms with Crippen molar-refractivity contribution in [3.05, 3.63) is 29.3 Å². The quantitative estimate of drug-likeness (QED) is 0.868. The largest absolute Gasteiger partial charge is 0.491 e. The number of hydrogen-bond donors (Lipinski definition) is 1. The molecule has 1 heterocycles. The Labute approximate surface area is 130 Å². The number of ether oxygens (including phenoxy) is 1. The summed E-state index contributed by atoms with van der Waals surface area (Å²) in [7, 11) is 0. The Morgan fingerprint density at radius 1 is 1.33 bits per heavy atom. The Kier molecular flexibility index (Phi) is 5.85. The average Bonchev–Trinajstić information content (AvgIpc) is 2.49. The van der Waals surface area contributed by atoms with E-state index in [1.54, 1.807) is 6.92 Å². The maximum Gasteiger partial charge on any atom is 0.320 e. The number of para-hydroxylation sites is 1. The third-order valence-corrected chi connectivity index (χ3v) is 4.13. The van der Waals surface area contributed by atoms with Gasteiger partial charge in [-0.2, -0.15) is 0 Å². The zero-order valence-corrected chi connectivity index (χ0v) is 12.9. The molecule has 0 aromatic heterocycles. The Hall–Kier alpha value is -1.30. The lowest BCUT2D eigenvalue weighted by atomic mass is 10.2. The molecule has 0 bridgehead atoms. The number of piperazine rings is 1. The summed E-state index contributed by atoms with van der Waals surface area (Å²) >= 11 is 6.03. The van der Waals surface area contributed by atoms with E-state index in [-0.39, 0.29) is 0 Å². The van der Waals surface area contributed by atoms with E-state index in [2.05, 4.69) is 4.90 Å². The fourth-order valence-corrected chi connectivity index (χ4v) is 2.57. The monoisotopic (exact) mass is 312 g/mol. The molecular weight excluding hydrogens is 292 g/mol. The summed E-state index contributed by atoms with van der Waals surface area (Å²) in [5.41, 5.74) is 0. The van der Waals surface area contributed by atoms with E-state index in [4.69, 9.17) is 21.4 Å². The van der Waals surface area contributed by atoms with Crippen molar-refractivity contribution in [2.24, 2.45) is 0 Å². The number of hydrogen-bond acceptors (Lipinski definition) is 4. The summed E-state index contributed by atoms with van der Waals surface area (Å²) < 4.78 is 5.67. The summed E-state index contributed by atoms with van der Waals surface area (Å²) in [6, 6.07) is 7.02. The van der Waals surface area contributed by atoms with Crippen LogP contribution in [0.1, 0.15) is 6.92 Å². The lowest BCUT2D eigenvalue weighted by Gasteiger charge is -2.36. The minimum absolute atomic E-state index is 0.411. The maximum absolute atomic E-state index is 11.0. The van der Waals surface area contributed by atoms with Gasteiger partial charge < -0.3 is 9.84 Å². The molecule has 1 aromatic rings. The van der Waals surface area contributed by atoms with E-state index in [0.29, 0.717) is 17.4 Å². The van der Waals surface area contributed by atoms with Gasteiger partial charge in [-0.1, -0.05) is 23.7 Å². The molecule has 1 fully saturated rings. The van der Waals surface area contributed by atoms with Crippen molar-refractivity contribution in [1.29, 1.82) is 0 Å². The molecule has 1 atom stereocenters. The highest BCUT2D eigenvalue weighted by Crippen LogP contribution is 2.22. The zero-order chi connectivity index (χ0) is 15.2. The van der Waals surface area contributed by atoms with E-state index < -0.39 is 12.0 Å². The van der Waals surface area contributed by atoms with Gasteiger partial charge in [-0.05, 0) is 19.1 Å². The van der Waals surface area contributed by atoms with Gasteiger partial charge >= 0.3 is 5.97 Å². The second kappa shape index (κ2) is 7.64. The molecule has 0 amide bonds. The molecule has 0 radical (unpaired) electrons. The van der Waals surface area contributed by atoms with Gasteiger partial charge in [0.1, 0.15) is 18.4 Å². The molecule has 0 spiro atoms. The second-order valence-electron chi connectivity index (χ2n) is 5.17. The van der Waals surface area contributed by atoms with Gasteiger partial charge in [0, 0.05) is 32.7 Å². The van der Waals surface area contributed by atoms with Gasteiger partial charge in [0.05, 0.1) is 5.02 Å². The van der Waals surface area contributed by atoms with Gasteiger partial charge in [-0.15, -0.1) is 0 Å². The number of rotatable bonds is 6. The molecular formula is C15H21ClN2O3. The third-order valence-electron chi connectivity index (χ3n) is 3.81. The number of nitrogens with zero attached hydrogens (tertiary/aromatic N) is 2. The van der Waals surface area contributed by atoms with Crippen LogP contribution in [0, 0.1) is 0 Å². The van der Waals surface area contributed by atoms with E-state index in [1.807, 2.05) is 29.2 Å². The average molecular weight is 313 g/mol. The first kappa shape index (κ1) is 16.1. The first-order chi connectivity index (χ1) is 10.1. The highest BCUT2D eigenvalue weighted by Gasteiger charge is 2.24. The van der Waals surface area contributed by atoms with Crippen LogP contribution in [-0.4, -0.2) is 66.2 Å².